The number of rotatable bonds is 8. The molecular weight excluding hydrogens is 1510 g/mol. The standard InChI is InChI=1S/C41H25N3O.C28H17BrN2.C19H20BNO3.C18H2/c1-2-7-30(8-3-1)41-44-37-23-19-31(25-38(37)45-41)26-12-14-27(15-13-26)32-20-21-35(34-11-5-4-10-33(32)34)36-22-18-29-17-16-28-9-6-24-42-39(28)40(29)43-36;29-21-12-9-18(10-13-21)22-14-15-25(24-6-2-1-5-23(22)24)26-16-11-20-8-7-19-4-3-17-30-27(19)28(20)31-26;1-18(2)19(3,4)24-20(23-18)14-10-11-15-16(12-14)22-17(21-15)13-8-6-5-7-9-13;1-3-5-7-9-11-13-15-17-18-16-14-12-10-8-6-4-2/h1-25H;1-17H;5-12H,1-4H3;1-2H. The van der Waals surface area contributed by atoms with Gasteiger partial charge in [0.15, 0.2) is 11.2 Å². The van der Waals surface area contributed by atoms with Crippen LogP contribution < -0.4 is 5.46 Å². The van der Waals surface area contributed by atoms with Crippen LogP contribution in [-0.4, -0.2) is 48.2 Å². The summed E-state index contributed by atoms with van der Waals surface area (Å²) in [5.74, 6) is 39.5. The third-order valence-corrected chi connectivity index (χ3v) is 20.8. The monoisotopic (exact) mass is 1570 g/mol. The molecule has 1 saturated heterocycles. The molecule has 0 spiro atoms. The first kappa shape index (κ1) is 76.2. The smallest absolute Gasteiger partial charge is 0.436 e. The number of halogens is 1. The molecule has 1 aliphatic rings. The molecule has 7 heterocycles. The quantitative estimate of drug-likeness (QED) is 0.0826. The molecule has 0 unspecified atom stereocenters. The summed E-state index contributed by atoms with van der Waals surface area (Å²) >= 11 is 3.53. The summed E-state index contributed by atoms with van der Waals surface area (Å²) in [6, 6.07) is 100. The van der Waals surface area contributed by atoms with Crippen molar-refractivity contribution in [1.29, 1.82) is 0 Å². The van der Waals surface area contributed by atoms with E-state index in [0.29, 0.717) is 11.8 Å². The SMILES string of the molecule is Brc1ccc(-c2ccc(-c3ccc4ccc5cccnc5c4n3)c3ccccc23)cc1.C#CC#CC#CC#CC#CC#CC#CC#CC#C.CC1(C)OB(c2ccc3nc(-c4ccccc4)oc3c2)OC1(C)C.c1ccc(-c2nc3ccc(-c4ccc(-c5ccc(-c6ccc7ccc8cccnc8c7n6)c6ccccc56)cc4)cc3o2)cc1. The summed E-state index contributed by atoms with van der Waals surface area (Å²) < 4.78 is 25.4. The fraction of sp³-hybridized carbons (Fsp3) is 0.0566. The Bertz CT molecular complexity index is 7460. The zero-order valence-electron chi connectivity index (χ0n) is 64.3. The Balaban J connectivity index is 0.000000125. The first-order valence-corrected chi connectivity index (χ1v) is 38.5. The lowest BCUT2D eigenvalue weighted by Gasteiger charge is -2.32. The highest BCUT2D eigenvalue weighted by molar-refractivity contribution is 9.10. The van der Waals surface area contributed by atoms with Gasteiger partial charge in [-0.3, -0.25) is 9.97 Å². The highest BCUT2D eigenvalue weighted by atomic mass is 79.9. The van der Waals surface area contributed by atoms with Crippen LogP contribution in [0.1, 0.15) is 27.7 Å². The van der Waals surface area contributed by atoms with Crippen molar-refractivity contribution in [3.8, 4) is 186 Å². The van der Waals surface area contributed by atoms with Gasteiger partial charge in [-0.25, -0.2) is 19.9 Å². The van der Waals surface area contributed by atoms with Gasteiger partial charge in [0.1, 0.15) is 11.0 Å². The molecule has 1 aliphatic heterocycles. The number of hydrogen-bond acceptors (Lipinski definition) is 10. The van der Waals surface area contributed by atoms with Gasteiger partial charge in [-0.1, -0.05) is 222 Å². The Kier molecular flexibility index (Phi) is 22.4. The minimum Gasteiger partial charge on any atom is -0.436 e. The van der Waals surface area contributed by atoms with Crippen molar-refractivity contribution < 1.29 is 18.1 Å². The van der Waals surface area contributed by atoms with Gasteiger partial charge in [-0.2, -0.15) is 0 Å². The number of oxazole rings is 2. The van der Waals surface area contributed by atoms with Gasteiger partial charge in [0.25, 0.3) is 0 Å². The summed E-state index contributed by atoms with van der Waals surface area (Å²) in [6.45, 7) is 8.20. The van der Waals surface area contributed by atoms with Crippen LogP contribution in [-0.2, 0) is 9.31 Å². The van der Waals surface area contributed by atoms with Gasteiger partial charge < -0.3 is 18.1 Å². The van der Waals surface area contributed by atoms with E-state index in [4.69, 9.17) is 41.0 Å². The predicted molar refractivity (Wildman–Crippen MR) is 484 cm³/mol. The highest BCUT2D eigenvalue weighted by Gasteiger charge is 2.52. The molecule has 18 aromatic rings. The molecule has 552 valence electrons. The number of hydrogen-bond donors (Lipinski definition) is 0. The van der Waals surface area contributed by atoms with Gasteiger partial charge in [-0.05, 0) is 268 Å². The zero-order valence-corrected chi connectivity index (χ0v) is 65.9. The summed E-state index contributed by atoms with van der Waals surface area (Å²) in [4.78, 5) is 28.7. The first-order valence-electron chi connectivity index (χ1n) is 37.7. The maximum atomic E-state index is 6.13. The van der Waals surface area contributed by atoms with Crippen LogP contribution in [0.25, 0.3) is 166 Å². The molecule has 12 heteroatoms. The van der Waals surface area contributed by atoms with Crippen molar-refractivity contribution in [3.05, 3.63) is 308 Å². The van der Waals surface area contributed by atoms with E-state index in [1.165, 1.54) is 38.2 Å². The number of fused-ring (bicyclic) bond motifs is 10. The molecule has 0 bridgehead atoms. The van der Waals surface area contributed by atoms with Crippen molar-refractivity contribution >= 4 is 116 Å². The van der Waals surface area contributed by atoms with E-state index < -0.39 is 7.12 Å². The van der Waals surface area contributed by atoms with E-state index in [9.17, 15) is 0 Å². The Morgan fingerprint density at radius 2 is 0.661 bits per heavy atom. The molecule has 0 N–H and O–H groups in total. The zero-order chi connectivity index (χ0) is 80.8. The number of benzene rings is 12. The van der Waals surface area contributed by atoms with Gasteiger partial charge in [0, 0.05) is 60.7 Å². The fourth-order valence-electron chi connectivity index (χ4n) is 13.8. The second-order valence-corrected chi connectivity index (χ2v) is 29.0. The van der Waals surface area contributed by atoms with E-state index in [-0.39, 0.29) is 11.2 Å². The maximum absolute atomic E-state index is 6.13. The average molecular weight is 1580 g/mol. The molecule has 1 fully saturated rings. The van der Waals surface area contributed by atoms with Crippen molar-refractivity contribution in [2.24, 2.45) is 0 Å². The van der Waals surface area contributed by atoms with Crippen LogP contribution in [0.5, 0.6) is 0 Å². The number of nitrogens with zero attached hydrogens (tertiary/aromatic N) is 6. The predicted octanol–water partition coefficient (Wildman–Crippen LogP) is 22.8. The van der Waals surface area contributed by atoms with Gasteiger partial charge in [0.05, 0.1) is 44.7 Å². The summed E-state index contributed by atoms with van der Waals surface area (Å²) in [7, 11) is -0.398. The van der Waals surface area contributed by atoms with Crippen LogP contribution in [0, 0.1) is 108 Å². The Hall–Kier alpha value is -15.8. The van der Waals surface area contributed by atoms with Crippen molar-refractivity contribution in [1.82, 2.24) is 29.9 Å². The number of pyridine rings is 4. The molecule has 0 aliphatic carbocycles. The largest absolute Gasteiger partial charge is 0.494 e. The third-order valence-electron chi connectivity index (χ3n) is 20.3. The molecule has 0 saturated carbocycles. The lowest BCUT2D eigenvalue weighted by atomic mass is 9.79. The maximum Gasteiger partial charge on any atom is 0.494 e. The Labute approximate surface area is 692 Å². The van der Waals surface area contributed by atoms with E-state index in [2.05, 4.69) is 325 Å². The molecule has 10 nitrogen and oxygen atoms in total. The van der Waals surface area contributed by atoms with Gasteiger partial charge in [-0.15, -0.1) is 12.8 Å². The molecule has 0 atom stereocenters. The molecule has 118 heavy (non-hydrogen) atoms. The first-order chi connectivity index (χ1) is 57.8. The van der Waals surface area contributed by atoms with Crippen LogP contribution in [0.3, 0.4) is 0 Å². The van der Waals surface area contributed by atoms with E-state index in [1.54, 1.807) is 0 Å². The number of terminal acetylenes is 2. The Morgan fingerprint density at radius 3 is 1.10 bits per heavy atom. The molecule has 19 rings (SSSR count). The Morgan fingerprint density at radius 1 is 0.305 bits per heavy atom. The summed E-state index contributed by atoms with van der Waals surface area (Å²) in [5.41, 5.74) is 20.2. The lowest BCUT2D eigenvalue weighted by molar-refractivity contribution is 0.00578. The normalized spacial score (nSPS) is 11.8. The fourth-order valence-corrected chi connectivity index (χ4v) is 14.1. The summed E-state index contributed by atoms with van der Waals surface area (Å²) in [5, 5.41) is 9.17. The van der Waals surface area contributed by atoms with Crippen LogP contribution in [0.15, 0.2) is 317 Å². The van der Waals surface area contributed by atoms with E-state index in [1.807, 2.05) is 137 Å². The van der Waals surface area contributed by atoms with Crippen molar-refractivity contribution in [2.75, 3.05) is 0 Å². The minimum atomic E-state index is -0.398. The van der Waals surface area contributed by atoms with Gasteiger partial charge in [0.2, 0.25) is 11.8 Å². The minimum absolute atomic E-state index is 0.358. The van der Waals surface area contributed by atoms with E-state index in [0.717, 1.165) is 126 Å². The second-order valence-electron chi connectivity index (χ2n) is 28.1. The van der Waals surface area contributed by atoms with Crippen LogP contribution in [0.4, 0.5) is 0 Å². The third kappa shape index (κ3) is 16.8. The van der Waals surface area contributed by atoms with Gasteiger partial charge >= 0.3 is 7.12 Å². The molecular formula is C106H64BBrN6O4. The highest BCUT2D eigenvalue weighted by Crippen LogP contribution is 2.41. The molecule has 0 radical (unpaired) electrons. The van der Waals surface area contributed by atoms with Crippen molar-refractivity contribution in [2.45, 2.75) is 38.9 Å². The van der Waals surface area contributed by atoms with Crippen molar-refractivity contribution in [3.63, 3.8) is 0 Å². The molecule has 6 aromatic heterocycles. The summed E-state index contributed by atoms with van der Waals surface area (Å²) in [6.07, 6.45) is 13.4. The lowest BCUT2D eigenvalue weighted by Crippen LogP contribution is -2.41. The molecule has 12 aromatic carbocycles. The average Bonchev–Trinajstić information content (AvgIpc) is 1.04. The number of aromatic nitrogens is 6. The topological polar surface area (TPSA) is 122 Å². The molecule has 0 amide bonds. The second kappa shape index (κ2) is 34.7. The van der Waals surface area contributed by atoms with E-state index >= 15 is 0 Å². The van der Waals surface area contributed by atoms with Crippen LogP contribution >= 0.6 is 15.9 Å². The van der Waals surface area contributed by atoms with Crippen LogP contribution in [0.2, 0.25) is 0 Å².